The number of aromatic hydroxyl groups is 2. The smallest absolute Gasteiger partial charge is 0.252 e. The van der Waals surface area contributed by atoms with Crippen LogP contribution in [0.15, 0.2) is 42.5 Å². The molecule has 8 atom stereocenters. The van der Waals surface area contributed by atoms with Crippen LogP contribution in [0.1, 0.15) is 74.4 Å². The Morgan fingerprint density at radius 2 is 1.81 bits per heavy atom. The second-order valence-corrected chi connectivity index (χ2v) is 14.1. The van der Waals surface area contributed by atoms with Gasteiger partial charge in [-0.1, -0.05) is 30.3 Å². The number of aliphatic hydroxyl groups is 1. The maximum absolute atomic E-state index is 14.1. The first-order valence-electron chi connectivity index (χ1n) is 17.5. The van der Waals surface area contributed by atoms with Crippen LogP contribution in [0.3, 0.4) is 0 Å². The number of hydrogen-bond donors (Lipinski definition) is 5. The normalized spacial score (nSPS) is 30.5. The molecule has 0 radical (unpaired) electrons. The zero-order valence-electron chi connectivity index (χ0n) is 29.4. The van der Waals surface area contributed by atoms with Crippen molar-refractivity contribution < 1.29 is 58.1 Å². The third-order valence-corrected chi connectivity index (χ3v) is 11.1. The summed E-state index contributed by atoms with van der Waals surface area (Å²) in [6.45, 7) is 2.84. The molecule has 280 valence electrons. The lowest BCUT2D eigenvalue weighted by Gasteiger charge is -2.43. The van der Waals surface area contributed by atoms with Crippen LogP contribution in [0.5, 0.6) is 17.2 Å². The van der Waals surface area contributed by atoms with Crippen LogP contribution in [-0.4, -0.2) is 108 Å². The number of phenols is 2. The number of para-hydroxylation sites is 1. The van der Waals surface area contributed by atoms with Crippen LogP contribution in [0.4, 0.5) is 5.69 Å². The number of anilines is 1. The Balaban J connectivity index is 1.18. The van der Waals surface area contributed by atoms with Crippen LogP contribution in [0.2, 0.25) is 0 Å². The number of carbonyl (C=O) groups is 3. The molecule has 3 fully saturated rings. The number of fused-ring (bicyclic) bond motifs is 6. The topological polar surface area (TPSA) is 209 Å². The fourth-order valence-electron chi connectivity index (χ4n) is 8.54. The molecule has 0 unspecified atom stereocenters. The van der Waals surface area contributed by atoms with Crippen molar-refractivity contribution in [2.45, 2.75) is 81.5 Å². The summed E-state index contributed by atoms with van der Waals surface area (Å²) in [7, 11) is 2.90. The standard InChI is InChI=1S/C38H41N3O12/c1-17-34-22(41-11-12-50-36(49-3)35(41)53-34)13-25(51-17)52-24-15-38(47,37(46)40-16-18-7-4-5-9-21(18)39)14-20-27(24)33(45)29-28(31(20)43)30(42)19-8-6-10-23(48-2)26(19)32(29)44/h4-10,17,22,24-25,34-36,43,45,47H,11-16,39H2,1-3H3,(H,40,46)/t17-,22-,24-,25-,34+,35+,36-,38-/m0/s1. The van der Waals surface area contributed by atoms with Gasteiger partial charge in [0.25, 0.3) is 5.91 Å². The summed E-state index contributed by atoms with van der Waals surface area (Å²) >= 11 is 0. The molecule has 15 heteroatoms. The van der Waals surface area contributed by atoms with Crippen molar-refractivity contribution in [1.82, 2.24) is 10.2 Å². The van der Waals surface area contributed by atoms with E-state index in [1.54, 1.807) is 31.4 Å². The van der Waals surface area contributed by atoms with Crippen LogP contribution in [0.25, 0.3) is 0 Å². The summed E-state index contributed by atoms with van der Waals surface area (Å²) in [5.74, 6) is -3.38. The molecule has 3 aromatic carbocycles. The fraction of sp³-hybridized carbons (Fsp3) is 0.447. The number of rotatable bonds is 7. The van der Waals surface area contributed by atoms with Gasteiger partial charge in [0.1, 0.15) is 29.0 Å². The molecule has 0 aromatic heterocycles. The average Bonchev–Trinajstić information content (AvgIpc) is 3.53. The second-order valence-electron chi connectivity index (χ2n) is 14.1. The molecule has 0 spiro atoms. The molecule has 3 aromatic rings. The van der Waals surface area contributed by atoms with E-state index in [0.717, 1.165) is 0 Å². The molecule has 15 nitrogen and oxygen atoms in total. The number of phenolic OH excluding ortho intramolecular Hbond substituents is 2. The summed E-state index contributed by atoms with van der Waals surface area (Å²) in [6.07, 6.45) is -4.72. The minimum atomic E-state index is -2.21. The average molecular weight is 732 g/mol. The van der Waals surface area contributed by atoms with E-state index in [1.165, 1.54) is 25.3 Å². The van der Waals surface area contributed by atoms with Crippen LogP contribution in [-0.2, 0) is 41.4 Å². The van der Waals surface area contributed by atoms with Crippen LogP contribution in [0, 0.1) is 0 Å². The predicted molar refractivity (Wildman–Crippen MR) is 184 cm³/mol. The number of nitrogens with zero attached hydrogens (tertiary/aromatic N) is 1. The van der Waals surface area contributed by atoms with Crippen LogP contribution < -0.4 is 15.8 Å². The van der Waals surface area contributed by atoms with Crippen molar-refractivity contribution >= 4 is 23.2 Å². The number of nitrogens with one attached hydrogen (secondary N) is 1. The molecule has 2 aliphatic carbocycles. The number of ketones is 2. The van der Waals surface area contributed by atoms with Crippen molar-refractivity contribution in [3.63, 3.8) is 0 Å². The van der Waals surface area contributed by atoms with Crippen LogP contribution >= 0.6 is 0 Å². The summed E-state index contributed by atoms with van der Waals surface area (Å²) in [6, 6.07) is 11.3. The van der Waals surface area contributed by atoms with Gasteiger partial charge in [-0.05, 0) is 24.6 Å². The zero-order chi connectivity index (χ0) is 37.3. The highest BCUT2D eigenvalue weighted by Crippen LogP contribution is 2.53. The van der Waals surface area contributed by atoms with Crippen molar-refractivity contribution in [3.05, 3.63) is 81.4 Å². The van der Waals surface area contributed by atoms with E-state index in [4.69, 9.17) is 34.2 Å². The number of methoxy groups -OCH3 is 2. The Hall–Kier alpha value is -4.61. The number of benzene rings is 3. The maximum atomic E-state index is 14.1. The Morgan fingerprint density at radius 3 is 2.57 bits per heavy atom. The fourth-order valence-corrected chi connectivity index (χ4v) is 8.54. The molecule has 8 rings (SSSR count). The highest BCUT2D eigenvalue weighted by atomic mass is 16.7. The van der Waals surface area contributed by atoms with Gasteiger partial charge in [0, 0.05) is 67.9 Å². The molecule has 3 saturated heterocycles. The van der Waals surface area contributed by atoms with Gasteiger partial charge in [-0.2, -0.15) is 0 Å². The van der Waals surface area contributed by atoms with Crippen molar-refractivity contribution in [1.29, 1.82) is 0 Å². The maximum Gasteiger partial charge on any atom is 0.252 e. The Labute approximate surface area is 304 Å². The number of carbonyl (C=O) groups excluding carboxylic acids is 3. The third-order valence-electron chi connectivity index (χ3n) is 11.1. The van der Waals surface area contributed by atoms with E-state index in [2.05, 4.69) is 10.2 Å². The number of nitrogens with two attached hydrogens (primary N) is 1. The first-order chi connectivity index (χ1) is 25.4. The van der Waals surface area contributed by atoms with Gasteiger partial charge in [0.2, 0.25) is 5.78 Å². The highest BCUT2D eigenvalue weighted by Gasteiger charge is 2.55. The number of amides is 1. The molecule has 0 saturated carbocycles. The molecule has 0 bridgehead atoms. The van der Waals surface area contributed by atoms with Gasteiger partial charge in [0.05, 0.1) is 42.6 Å². The molecule has 3 aliphatic heterocycles. The van der Waals surface area contributed by atoms with Crippen molar-refractivity contribution in [3.8, 4) is 17.2 Å². The molecule has 1 amide bonds. The largest absolute Gasteiger partial charge is 0.507 e. The Morgan fingerprint density at radius 1 is 1.04 bits per heavy atom. The highest BCUT2D eigenvalue weighted by molar-refractivity contribution is 6.31. The summed E-state index contributed by atoms with van der Waals surface area (Å²) in [5.41, 5.74) is 3.87. The van der Waals surface area contributed by atoms with E-state index in [-0.39, 0.29) is 46.7 Å². The first kappa shape index (κ1) is 35.4. The van der Waals surface area contributed by atoms with Gasteiger partial charge in [-0.3, -0.25) is 19.3 Å². The van der Waals surface area contributed by atoms with E-state index >= 15 is 0 Å². The number of morpholine rings is 1. The lowest BCUT2D eigenvalue weighted by atomic mass is 9.72. The van der Waals surface area contributed by atoms with E-state index < -0.39 is 89.6 Å². The zero-order valence-corrected chi connectivity index (χ0v) is 29.4. The Kier molecular flexibility index (Phi) is 8.92. The summed E-state index contributed by atoms with van der Waals surface area (Å²) < 4.78 is 35.9. The molecular weight excluding hydrogens is 690 g/mol. The quantitative estimate of drug-likeness (QED) is 0.136. The van der Waals surface area contributed by atoms with Gasteiger partial charge in [-0.25, -0.2) is 0 Å². The molecule has 3 heterocycles. The van der Waals surface area contributed by atoms with Gasteiger partial charge in [-0.15, -0.1) is 0 Å². The second kappa shape index (κ2) is 13.4. The summed E-state index contributed by atoms with van der Waals surface area (Å²) in [5, 5.41) is 38.7. The van der Waals surface area contributed by atoms with Crippen molar-refractivity contribution in [2.24, 2.45) is 0 Å². The molecule has 6 N–H and O–H groups in total. The van der Waals surface area contributed by atoms with Gasteiger partial charge < -0.3 is 54.8 Å². The minimum absolute atomic E-state index is 0.00523. The Bertz CT molecular complexity index is 2000. The van der Waals surface area contributed by atoms with E-state index in [0.29, 0.717) is 30.8 Å². The number of nitrogen functional groups attached to an aromatic ring is 1. The lowest BCUT2D eigenvalue weighted by molar-refractivity contribution is -0.256. The van der Waals surface area contributed by atoms with Gasteiger partial charge in [0.15, 0.2) is 24.6 Å². The lowest BCUT2D eigenvalue weighted by Crippen LogP contribution is -2.55. The number of ether oxygens (including phenoxy) is 6. The monoisotopic (exact) mass is 731 g/mol. The SMILES string of the molecule is COc1cccc2c1C(=O)c1c(O)c3c(c(O)c1C2=O)C[C@@](O)(C(=O)NCc1ccccc1N)C[C@@H]3O[C@H]1C[C@H]2[C@H](O[C@@H]3[C@@H](OC)OCCN32)[C@H](C)O1. The number of hydrogen-bond acceptors (Lipinski definition) is 14. The molecular formula is C38H41N3O12. The summed E-state index contributed by atoms with van der Waals surface area (Å²) in [4.78, 5) is 44.1. The minimum Gasteiger partial charge on any atom is -0.507 e. The first-order valence-corrected chi connectivity index (χ1v) is 17.5. The molecule has 53 heavy (non-hydrogen) atoms. The third kappa shape index (κ3) is 5.66. The van der Waals surface area contributed by atoms with E-state index in [1.807, 2.05) is 6.92 Å². The van der Waals surface area contributed by atoms with Crippen molar-refractivity contribution in [2.75, 3.05) is 33.1 Å². The predicted octanol–water partition coefficient (Wildman–Crippen LogP) is 2.05. The van der Waals surface area contributed by atoms with Gasteiger partial charge >= 0.3 is 0 Å². The van der Waals surface area contributed by atoms with E-state index in [9.17, 15) is 29.7 Å². The molecule has 5 aliphatic rings.